The zero-order chi connectivity index (χ0) is 36.5. The number of carbonyl (C=O) groups excluding carboxylic acids is 1. The van der Waals surface area contributed by atoms with Gasteiger partial charge in [-0.3, -0.25) is 4.79 Å². The number of aliphatic hydroxyl groups is 5. The van der Waals surface area contributed by atoms with Gasteiger partial charge >= 0.3 is 5.97 Å². The summed E-state index contributed by atoms with van der Waals surface area (Å²) >= 11 is 1.80. The van der Waals surface area contributed by atoms with Crippen molar-refractivity contribution in [3.8, 4) is 0 Å². The Morgan fingerprint density at radius 1 is 1.02 bits per heavy atom. The molecule has 48 heavy (non-hydrogen) atoms. The highest BCUT2D eigenvalue weighted by Gasteiger charge is 2.49. The van der Waals surface area contributed by atoms with Crippen LogP contribution in [0.1, 0.15) is 74.7 Å². The number of nitrogens with two attached hydrogens (primary N) is 1. The monoisotopic (exact) mass is 802 g/mol. The first-order valence-corrected chi connectivity index (χ1v) is 18.1. The van der Waals surface area contributed by atoms with E-state index in [0.29, 0.717) is 13.0 Å². The molecular weight excluding hydrogens is 743 g/mol. The van der Waals surface area contributed by atoms with Gasteiger partial charge < -0.3 is 64.6 Å². The van der Waals surface area contributed by atoms with Crippen molar-refractivity contribution in [2.24, 2.45) is 23.5 Å². The number of likely N-dealkylation sites (N-methyl/N-ethyl adjacent to an activating group) is 1. The van der Waals surface area contributed by atoms with Crippen LogP contribution in [0.25, 0.3) is 0 Å². The number of allylic oxidation sites excluding steroid dienone is 1. The first-order chi connectivity index (χ1) is 22.1. The number of nitrogens with zero attached hydrogens (tertiary/aromatic N) is 1. The highest BCUT2D eigenvalue weighted by molar-refractivity contribution is 14.1. The van der Waals surface area contributed by atoms with Crippen LogP contribution in [0, 0.1) is 17.8 Å². The zero-order valence-corrected chi connectivity index (χ0v) is 32.1. The first kappa shape index (κ1) is 41.6. The van der Waals surface area contributed by atoms with Crippen LogP contribution < -0.4 is 5.73 Å². The van der Waals surface area contributed by atoms with Gasteiger partial charge in [0, 0.05) is 44.5 Å². The molecule has 280 valence electrons. The van der Waals surface area contributed by atoms with Gasteiger partial charge in [0.25, 0.3) is 0 Å². The number of ether oxygens (including phenoxy) is 6. The Hall–Kier alpha value is -0.860. The maximum absolute atomic E-state index is 13.9. The minimum absolute atomic E-state index is 0.0406. The van der Waals surface area contributed by atoms with E-state index < -0.39 is 88.3 Å². The summed E-state index contributed by atoms with van der Waals surface area (Å²) in [6, 6.07) is -1.19. The third-order valence-corrected chi connectivity index (χ3v) is 11.9. The van der Waals surface area contributed by atoms with Gasteiger partial charge in [-0.15, -0.1) is 0 Å². The molecule has 0 unspecified atom stereocenters. The van der Waals surface area contributed by atoms with Gasteiger partial charge in [0.2, 0.25) is 6.29 Å². The van der Waals surface area contributed by atoms with Gasteiger partial charge in [-0.05, 0) is 83.5 Å². The fraction of sp³-hybridized carbons (Fsp3) is 0.909. The number of hydrogen-bond acceptors (Lipinski definition) is 14. The fourth-order valence-electron chi connectivity index (χ4n) is 6.82. The van der Waals surface area contributed by atoms with E-state index in [1.54, 1.807) is 64.3 Å². The van der Waals surface area contributed by atoms with E-state index in [4.69, 9.17) is 34.2 Å². The number of aliphatic hydroxyl groups excluding tert-OH is 4. The molecule has 3 rings (SSSR count). The number of halogens is 1. The highest BCUT2D eigenvalue weighted by atomic mass is 127. The predicted molar refractivity (Wildman–Crippen MR) is 184 cm³/mol. The molecule has 0 radical (unpaired) electrons. The summed E-state index contributed by atoms with van der Waals surface area (Å²) in [5.74, 6) is -2.93. The average Bonchev–Trinajstić information content (AvgIpc) is 3.01. The normalized spacial score (nSPS) is 49.5. The van der Waals surface area contributed by atoms with E-state index in [1.165, 1.54) is 14.0 Å². The van der Waals surface area contributed by atoms with Crippen LogP contribution in [0.2, 0.25) is 0 Å². The first-order valence-electron chi connectivity index (χ1n) is 16.8. The van der Waals surface area contributed by atoms with Gasteiger partial charge in [0.05, 0.1) is 29.8 Å². The standard InChI is InChI=1S/C33H59IN2O12/c1-15-11-22(37)26(47-30-24(38)21(35)12-16(2)44-30)17(3)25(46-23-13-32(7,43-10)28(40)20(6)45-23)18(4)29(41)48-31(34)33(8,42)27(39)19(5)36(9)14-15/h15-21,23-25,27-28,30-31,37-40,42H,11-14,35H2,1-10H3/b26-22-/t15-,16-,17+,18-,19-,20+,21+,23+,24-,25+,27-,28+,30+,31+,32-,33+/m1/s1. The number of methoxy groups -OCH3 is 1. The topological polar surface area (TPSA) is 203 Å². The van der Waals surface area contributed by atoms with Crippen LogP contribution in [0.4, 0.5) is 0 Å². The molecule has 3 aliphatic rings. The van der Waals surface area contributed by atoms with E-state index in [0.717, 1.165) is 0 Å². The van der Waals surface area contributed by atoms with Crippen LogP contribution in [0.15, 0.2) is 11.5 Å². The Balaban J connectivity index is 2.13. The van der Waals surface area contributed by atoms with E-state index in [2.05, 4.69) is 0 Å². The molecule has 0 bridgehead atoms. The van der Waals surface area contributed by atoms with Crippen molar-refractivity contribution in [1.82, 2.24) is 4.90 Å². The van der Waals surface area contributed by atoms with Gasteiger partial charge in [-0.1, -0.05) is 13.8 Å². The molecule has 7 N–H and O–H groups in total. The third-order valence-electron chi connectivity index (χ3n) is 10.3. The number of carbonyl (C=O) groups is 1. The smallest absolute Gasteiger partial charge is 0.312 e. The number of hydrogen-bond donors (Lipinski definition) is 6. The van der Waals surface area contributed by atoms with Crippen LogP contribution in [-0.2, 0) is 33.2 Å². The Labute approximate surface area is 298 Å². The van der Waals surface area contributed by atoms with Crippen molar-refractivity contribution < 1.29 is 58.7 Å². The summed E-state index contributed by atoms with van der Waals surface area (Å²) in [6.45, 7) is 14.1. The van der Waals surface area contributed by atoms with E-state index in [-0.39, 0.29) is 36.4 Å². The minimum Gasteiger partial charge on any atom is -0.509 e. The molecule has 14 nitrogen and oxygen atoms in total. The van der Waals surface area contributed by atoms with Gasteiger partial charge in [0.1, 0.15) is 35.4 Å². The summed E-state index contributed by atoms with van der Waals surface area (Å²) < 4.78 is 35.1. The molecule has 16 atom stereocenters. The molecule has 0 spiro atoms. The molecule has 0 aromatic rings. The summed E-state index contributed by atoms with van der Waals surface area (Å²) in [5.41, 5.74) is 3.34. The lowest BCUT2D eigenvalue weighted by Crippen LogP contribution is -2.58. The molecule has 3 heterocycles. The van der Waals surface area contributed by atoms with Crippen LogP contribution in [0.5, 0.6) is 0 Å². The molecule has 2 saturated heterocycles. The molecule has 0 aromatic carbocycles. The van der Waals surface area contributed by atoms with Crippen molar-refractivity contribution in [2.75, 3.05) is 20.7 Å². The maximum Gasteiger partial charge on any atom is 0.312 e. The van der Waals surface area contributed by atoms with Gasteiger partial charge in [0.15, 0.2) is 10.4 Å². The van der Waals surface area contributed by atoms with E-state index in [9.17, 15) is 30.3 Å². The Kier molecular flexibility index (Phi) is 14.4. The molecule has 0 aliphatic carbocycles. The Morgan fingerprint density at radius 3 is 2.25 bits per heavy atom. The fourth-order valence-corrected chi connectivity index (χ4v) is 7.44. The number of alkyl halides is 1. The molecule has 3 aliphatic heterocycles. The molecule has 0 saturated carbocycles. The van der Waals surface area contributed by atoms with Crippen molar-refractivity contribution in [3.05, 3.63) is 11.5 Å². The lowest BCUT2D eigenvalue weighted by atomic mass is 9.87. The van der Waals surface area contributed by atoms with Crippen LogP contribution in [-0.4, -0.2) is 134 Å². The summed E-state index contributed by atoms with van der Waals surface area (Å²) in [7, 11) is 3.28. The molecule has 0 amide bonds. The van der Waals surface area contributed by atoms with Crippen LogP contribution >= 0.6 is 22.6 Å². The lowest BCUT2D eigenvalue weighted by Gasteiger charge is -2.46. The predicted octanol–water partition coefficient (Wildman–Crippen LogP) is 1.93. The second-order valence-corrected chi connectivity index (χ2v) is 15.8. The Morgan fingerprint density at radius 2 is 1.65 bits per heavy atom. The van der Waals surface area contributed by atoms with Crippen molar-refractivity contribution in [1.29, 1.82) is 0 Å². The third kappa shape index (κ3) is 9.32. The SMILES string of the molecule is CO[C@]1(C)C[C@H](O[C@H]2[C@H](C)/C(O[C@@H]3O[C@H](C)C[C@H](N)[C@H]3O)=C(/O)C[C@@H](C)CN(C)[C@H](C)[C@@H](O)[C@](C)(O)[C@@H](I)OC(=O)[C@@H]2C)O[C@@H](C)[C@@H]1O. The lowest BCUT2D eigenvalue weighted by molar-refractivity contribution is -0.296. The minimum atomic E-state index is -1.83. The van der Waals surface area contributed by atoms with E-state index in [1.807, 2.05) is 18.7 Å². The summed E-state index contributed by atoms with van der Waals surface area (Å²) in [6.07, 6.45) is -7.08. The van der Waals surface area contributed by atoms with Crippen molar-refractivity contribution >= 4 is 28.6 Å². The van der Waals surface area contributed by atoms with Gasteiger partial charge in [-0.25, -0.2) is 0 Å². The highest BCUT2D eigenvalue weighted by Crippen LogP contribution is 2.38. The summed E-state index contributed by atoms with van der Waals surface area (Å²) in [4.78, 5) is 15.7. The molecule has 2 fully saturated rings. The Bertz CT molecular complexity index is 1110. The quantitative estimate of drug-likeness (QED) is 0.134. The maximum atomic E-state index is 13.9. The average molecular weight is 803 g/mol. The zero-order valence-electron chi connectivity index (χ0n) is 29.9. The molecule has 0 aromatic heterocycles. The van der Waals surface area contributed by atoms with Gasteiger partial charge in [-0.2, -0.15) is 0 Å². The number of cyclic esters (lactones) is 1. The molecule has 15 heteroatoms. The van der Waals surface area contributed by atoms with Crippen LogP contribution in [0.3, 0.4) is 0 Å². The van der Waals surface area contributed by atoms with Crippen molar-refractivity contribution in [3.63, 3.8) is 0 Å². The van der Waals surface area contributed by atoms with E-state index >= 15 is 0 Å². The summed E-state index contributed by atoms with van der Waals surface area (Å²) in [5, 5.41) is 56.2. The second-order valence-electron chi connectivity index (χ2n) is 14.7. The molecular formula is C33H59IN2O12. The number of esters is 1. The second kappa shape index (κ2) is 16.7. The number of rotatable bonds is 5. The largest absolute Gasteiger partial charge is 0.509 e. The van der Waals surface area contributed by atoms with Crippen molar-refractivity contribution in [2.45, 2.75) is 151 Å².